The molecule has 12 heteroatoms. The minimum Gasteiger partial charge on any atom is -0.469 e. The first-order valence-corrected chi connectivity index (χ1v) is 12.3. The fourth-order valence-electron chi connectivity index (χ4n) is 5.24. The Labute approximate surface area is 211 Å². The number of nitrogens with zero attached hydrogens (tertiary/aromatic N) is 4. The van der Waals surface area contributed by atoms with E-state index in [-0.39, 0.29) is 73.3 Å². The topological polar surface area (TPSA) is 67.7 Å². The SMILES string of the molecule is COC(=O)C1CCC(N(C)C(=O)N2CCc3c(C(F)(F)F)nn(CC4=CC=C(Cl)CC4F)c3C2)CC1. The lowest BCUT2D eigenvalue weighted by Gasteiger charge is -2.38. The maximum atomic E-state index is 14.5. The van der Waals surface area contributed by atoms with Crippen molar-refractivity contribution in [3.05, 3.63) is 39.7 Å². The zero-order valence-electron chi connectivity index (χ0n) is 20.2. The van der Waals surface area contributed by atoms with Crippen LogP contribution in [-0.4, -0.2) is 64.5 Å². The third-order valence-electron chi connectivity index (χ3n) is 7.35. The van der Waals surface area contributed by atoms with Crippen molar-refractivity contribution in [2.45, 2.75) is 70.0 Å². The zero-order chi connectivity index (χ0) is 26.2. The van der Waals surface area contributed by atoms with Gasteiger partial charge in [0.2, 0.25) is 0 Å². The molecule has 0 N–H and O–H groups in total. The third kappa shape index (κ3) is 5.40. The van der Waals surface area contributed by atoms with Gasteiger partial charge in [0, 0.05) is 36.7 Å². The summed E-state index contributed by atoms with van der Waals surface area (Å²) in [5.41, 5.74) is -0.396. The van der Waals surface area contributed by atoms with Gasteiger partial charge in [0.05, 0.1) is 31.8 Å². The molecule has 1 aromatic heterocycles. The van der Waals surface area contributed by atoms with E-state index in [0.717, 1.165) is 0 Å². The van der Waals surface area contributed by atoms with Crippen LogP contribution in [0.2, 0.25) is 0 Å². The minimum atomic E-state index is -4.66. The molecule has 3 aliphatic rings. The summed E-state index contributed by atoms with van der Waals surface area (Å²) < 4.78 is 61.7. The van der Waals surface area contributed by atoms with Crippen LogP contribution in [0.15, 0.2) is 22.8 Å². The van der Waals surface area contributed by atoms with Crippen molar-refractivity contribution in [2.24, 2.45) is 5.92 Å². The van der Waals surface area contributed by atoms with Gasteiger partial charge in [0.15, 0.2) is 5.69 Å². The van der Waals surface area contributed by atoms with E-state index < -0.39 is 18.0 Å². The Kier molecular flexibility index (Phi) is 7.68. The van der Waals surface area contributed by atoms with Crippen LogP contribution in [0.3, 0.4) is 0 Å². The van der Waals surface area contributed by atoms with Crippen molar-refractivity contribution in [3.8, 4) is 0 Å². The number of allylic oxidation sites excluding steroid dienone is 4. The highest BCUT2D eigenvalue weighted by Gasteiger charge is 2.42. The molecule has 1 unspecified atom stereocenters. The maximum absolute atomic E-state index is 14.5. The number of rotatable bonds is 4. The van der Waals surface area contributed by atoms with Crippen LogP contribution in [0.25, 0.3) is 0 Å². The molecule has 0 aromatic carbocycles. The number of fused-ring (bicyclic) bond motifs is 1. The predicted molar refractivity (Wildman–Crippen MR) is 124 cm³/mol. The summed E-state index contributed by atoms with van der Waals surface area (Å²) >= 11 is 5.87. The lowest BCUT2D eigenvalue weighted by molar-refractivity contribution is -0.146. The van der Waals surface area contributed by atoms with Gasteiger partial charge in [0.1, 0.15) is 6.17 Å². The van der Waals surface area contributed by atoms with Crippen molar-refractivity contribution in [1.29, 1.82) is 0 Å². The van der Waals surface area contributed by atoms with Gasteiger partial charge in [0.25, 0.3) is 0 Å². The molecule has 1 aromatic rings. The average molecular weight is 533 g/mol. The molecule has 7 nitrogen and oxygen atoms in total. The number of alkyl halides is 4. The van der Waals surface area contributed by atoms with E-state index in [1.807, 2.05) is 0 Å². The lowest BCUT2D eigenvalue weighted by atomic mass is 9.85. The summed E-state index contributed by atoms with van der Waals surface area (Å²) in [7, 11) is 3.03. The number of carbonyl (C=O) groups excluding carboxylic acids is 2. The molecule has 0 radical (unpaired) electrons. The number of halogens is 5. The Balaban J connectivity index is 1.51. The van der Waals surface area contributed by atoms with Crippen LogP contribution < -0.4 is 0 Å². The summed E-state index contributed by atoms with van der Waals surface area (Å²) in [5.74, 6) is -0.429. The highest BCUT2D eigenvalue weighted by atomic mass is 35.5. The number of carbonyl (C=O) groups is 2. The molecule has 198 valence electrons. The van der Waals surface area contributed by atoms with Crippen molar-refractivity contribution in [3.63, 3.8) is 0 Å². The largest absolute Gasteiger partial charge is 0.469 e. The Morgan fingerprint density at radius 1 is 1.22 bits per heavy atom. The number of urea groups is 1. The summed E-state index contributed by atoms with van der Waals surface area (Å²) in [5, 5.41) is 4.15. The number of methoxy groups -OCH3 is 1. The molecular weight excluding hydrogens is 504 g/mol. The number of hydrogen-bond donors (Lipinski definition) is 0. The second kappa shape index (κ2) is 10.4. The Hall–Kier alpha value is -2.56. The third-order valence-corrected chi connectivity index (χ3v) is 7.63. The van der Waals surface area contributed by atoms with E-state index in [1.165, 1.54) is 28.8 Å². The summed E-state index contributed by atoms with van der Waals surface area (Å²) in [6, 6.07) is -0.370. The van der Waals surface area contributed by atoms with Crippen molar-refractivity contribution >= 4 is 23.6 Å². The van der Waals surface area contributed by atoms with Gasteiger partial charge in [-0.15, -0.1) is 0 Å². The number of amides is 2. The number of ether oxygens (including phenoxy) is 1. The first-order valence-electron chi connectivity index (χ1n) is 11.9. The van der Waals surface area contributed by atoms with E-state index in [2.05, 4.69) is 5.10 Å². The average Bonchev–Trinajstić information content (AvgIpc) is 3.22. The molecule has 1 fully saturated rings. The summed E-state index contributed by atoms with van der Waals surface area (Å²) in [4.78, 5) is 28.2. The molecule has 1 aliphatic heterocycles. The Bertz CT molecular complexity index is 1080. The molecule has 36 heavy (non-hydrogen) atoms. The first-order chi connectivity index (χ1) is 17.0. The fourth-order valence-corrected chi connectivity index (χ4v) is 5.44. The van der Waals surface area contributed by atoms with E-state index in [9.17, 15) is 27.2 Å². The molecular formula is C24H29ClF4N4O3. The van der Waals surface area contributed by atoms with Gasteiger partial charge in [-0.2, -0.15) is 18.3 Å². The number of aromatic nitrogens is 2. The lowest BCUT2D eigenvalue weighted by Crippen LogP contribution is -2.49. The van der Waals surface area contributed by atoms with Gasteiger partial charge in [-0.1, -0.05) is 17.7 Å². The molecule has 1 saturated carbocycles. The number of hydrogen-bond acceptors (Lipinski definition) is 4. The van der Waals surface area contributed by atoms with Gasteiger partial charge in [-0.25, -0.2) is 9.18 Å². The maximum Gasteiger partial charge on any atom is 0.435 e. The van der Waals surface area contributed by atoms with Crippen LogP contribution in [0.4, 0.5) is 22.4 Å². The molecule has 2 heterocycles. The molecule has 1 atom stereocenters. The van der Waals surface area contributed by atoms with E-state index in [0.29, 0.717) is 30.7 Å². The molecule has 4 rings (SSSR count). The fraction of sp³-hybridized carbons (Fsp3) is 0.625. The standard InChI is InChI=1S/C24H29ClF4N4O3/c1-31(17-7-4-14(5-8-17)22(34)36-2)23(35)32-10-9-18-20(13-32)33(30-21(18)24(27,28)29)12-15-3-6-16(25)11-19(15)26/h3,6,14,17,19H,4-5,7-13H2,1-2H3. The van der Waals surface area contributed by atoms with Crippen LogP contribution in [0, 0.1) is 5.92 Å². The Morgan fingerprint density at radius 3 is 2.53 bits per heavy atom. The van der Waals surface area contributed by atoms with Gasteiger partial charge >= 0.3 is 18.2 Å². The highest BCUT2D eigenvalue weighted by molar-refractivity contribution is 6.29. The number of esters is 1. The van der Waals surface area contributed by atoms with Crippen molar-refractivity contribution < 1.29 is 31.9 Å². The molecule has 2 amide bonds. The quantitative estimate of drug-likeness (QED) is 0.411. The van der Waals surface area contributed by atoms with Crippen LogP contribution in [0.1, 0.15) is 49.1 Å². The van der Waals surface area contributed by atoms with E-state index >= 15 is 0 Å². The van der Waals surface area contributed by atoms with Crippen LogP contribution in [0.5, 0.6) is 0 Å². The summed E-state index contributed by atoms with van der Waals surface area (Å²) in [6.45, 7) is -0.0924. The van der Waals surface area contributed by atoms with Crippen LogP contribution in [-0.2, 0) is 35.2 Å². The second-order valence-corrected chi connectivity index (χ2v) is 10.0. The smallest absolute Gasteiger partial charge is 0.435 e. The molecule has 2 aliphatic carbocycles. The first kappa shape index (κ1) is 26.5. The molecule has 0 saturated heterocycles. The second-order valence-electron chi connectivity index (χ2n) is 9.55. The van der Waals surface area contributed by atoms with Gasteiger partial charge in [-0.05, 0) is 43.8 Å². The normalized spacial score (nSPS) is 24.5. The summed E-state index contributed by atoms with van der Waals surface area (Å²) in [6.07, 6.45) is -0.592. The van der Waals surface area contributed by atoms with E-state index in [1.54, 1.807) is 11.9 Å². The van der Waals surface area contributed by atoms with Gasteiger partial charge < -0.3 is 14.5 Å². The van der Waals surface area contributed by atoms with E-state index in [4.69, 9.17) is 16.3 Å². The zero-order valence-corrected chi connectivity index (χ0v) is 20.9. The molecule has 0 bridgehead atoms. The molecule has 0 spiro atoms. The highest BCUT2D eigenvalue weighted by Crippen LogP contribution is 2.36. The van der Waals surface area contributed by atoms with Crippen molar-refractivity contribution in [1.82, 2.24) is 19.6 Å². The minimum absolute atomic E-state index is 0.00265. The predicted octanol–water partition coefficient (Wildman–Crippen LogP) is 4.83. The monoisotopic (exact) mass is 532 g/mol. The van der Waals surface area contributed by atoms with Crippen molar-refractivity contribution in [2.75, 3.05) is 20.7 Å². The van der Waals surface area contributed by atoms with Crippen LogP contribution >= 0.6 is 11.6 Å². The Morgan fingerprint density at radius 2 is 1.92 bits per heavy atom. The van der Waals surface area contributed by atoms with Gasteiger partial charge in [-0.3, -0.25) is 9.48 Å².